The van der Waals surface area contributed by atoms with E-state index in [1.165, 1.54) is 12.8 Å². The minimum Gasteiger partial charge on any atom is -0.481 e. The molecule has 5 heteroatoms. The largest absolute Gasteiger partial charge is 0.481 e. The molecule has 0 bridgehead atoms. The number of carboxylic acid groups (broad SMARTS) is 1. The third kappa shape index (κ3) is 4.11. The molecule has 2 aliphatic rings. The third-order valence-electron chi connectivity index (χ3n) is 5.17. The summed E-state index contributed by atoms with van der Waals surface area (Å²) < 4.78 is 0. The third-order valence-corrected chi connectivity index (χ3v) is 5.17. The first-order valence-corrected chi connectivity index (χ1v) is 8.22. The number of hydrogen-bond donors (Lipinski definition) is 3. The molecule has 0 radical (unpaired) electrons. The van der Waals surface area contributed by atoms with Crippen LogP contribution in [0, 0.1) is 11.8 Å². The molecule has 0 aromatic rings. The van der Waals surface area contributed by atoms with Crippen molar-refractivity contribution in [3.05, 3.63) is 0 Å². The lowest BCUT2D eigenvalue weighted by atomic mass is 9.74. The van der Waals surface area contributed by atoms with Crippen LogP contribution >= 0.6 is 0 Å². The predicted molar refractivity (Wildman–Crippen MR) is 81.1 cm³/mol. The summed E-state index contributed by atoms with van der Waals surface area (Å²) in [6.45, 7) is 4.42. The van der Waals surface area contributed by atoms with Crippen molar-refractivity contribution in [2.24, 2.45) is 11.8 Å². The van der Waals surface area contributed by atoms with E-state index in [0.29, 0.717) is 11.8 Å². The number of hydrogen-bond acceptors (Lipinski definition) is 2. The summed E-state index contributed by atoms with van der Waals surface area (Å²) in [5.74, 6) is 0.251. The molecule has 3 N–H and O–H groups in total. The molecule has 0 aromatic heterocycles. The molecule has 0 heterocycles. The number of rotatable bonds is 5. The number of aliphatic carboxylic acids is 1. The van der Waals surface area contributed by atoms with Gasteiger partial charge in [0.2, 0.25) is 0 Å². The molecule has 2 unspecified atom stereocenters. The molecule has 0 spiro atoms. The summed E-state index contributed by atoms with van der Waals surface area (Å²) in [5.41, 5.74) is -0.516. The molecule has 21 heavy (non-hydrogen) atoms. The first-order valence-electron chi connectivity index (χ1n) is 8.22. The SMILES string of the molecule is CC(C)C1CCCCC1NC(=O)NC1(CC(=O)O)CCC1. The van der Waals surface area contributed by atoms with Crippen LogP contribution in [-0.4, -0.2) is 28.7 Å². The van der Waals surface area contributed by atoms with E-state index in [1.54, 1.807) is 0 Å². The average Bonchev–Trinajstić information content (AvgIpc) is 2.35. The van der Waals surface area contributed by atoms with Gasteiger partial charge in [0.05, 0.1) is 12.0 Å². The summed E-state index contributed by atoms with van der Waals surface area (Å²) in [6.07, 6.45) is 7.16. The van der Waals surface area contributed by atoms with Gasteiger partial charge in [0.1, 0.15) is 0 Å². The lowest BCUT2D eigenvalue weighted by molar-refractivity contribution is -0.139. The normalized spacial score (nSPS) is 27.8. The van der Waals surface area contributed by atoms with Gasteiger partial charge in [0.25, 0.3) is 0 Å². The molecule has 0 aromatic carbocycles. The molecule has 0 aliphatic heterocycles. The van der Waals surface area contributed by atoms with Gasteiger partial charge in [-0.1, -0.05) is 26.7 Å². The van der Waals surface area contributed by atoms with Crippen molar-refractivity contribution < 1.29 is 14.7 Å². The van der Waals surface area contributed by atoms with Gasteiger partial charge >= 0.3 is 12.0 Å². The fourth-order valence-corrected chi connectivity index (χ4v) is 3.82. The van der Waals surface area contributed by atoms with E-state index in [1.807, 2.05) is 0 Å². The molecule has 2 amide bonds. The monoisotopic (exact) mass is 296 g/mol. The van der Waals surface area contributed by atoms with E-state index in [4.69, 9.17) is 5.11 Å². The van der Waals surface area contributed by atoms with Gasteiger partial charge in [-0.15, -0.1) is 0 Å². The van der Waals surface area contributed by atoms with E-state index < -0.39 is 11.5 Å². The zero-order valence-electron chi connectivity index (χ0n) is 13.2. The minimum atomic E-state index is -0.840. The van der Waals surface area contributed by atoms with Crippen LogP contribution in [0.5, 0.6) is 0 Å². The second-order valence-corrected chi connectivity index (χ2v) is 7.10. The average molecular weight is 296 g/mol. The Morgan fingerprint density at radius 2 is 1.86 bits per heavy atom. The first kappa shape index (κ1) is 16.1. The zero-order valence-corrected chi connectivity index (χ0v) is 13.2. The van der Waals surface area contributed by atoms with Crippen LogP contribution in [0.4, 0.5) is 4.79 Å². The second-order valence-electron chi connectivity index (χ2n) is 7.10. The van der Waals surface area contributed by atoms with E-state index in [9.17, 15) is 9.59 Å². The molecule has 0 saturated heterocycles. The van der Waals surface area contributed by atoms with Gasteiger partial charge in [0, 0.05) is 6.04 Å². The Kier molecular flexibility index (Phi) is 5.12. The number of carbonyl (C=O) groups excluding carboxylic acids is 1. The number of urea groups is 1. The number of carboxylic acids is 1. The number of amides is 2. The van der Waals surface area contributed by atoms with Crippen LogP contribution < -0.4 is 10.6 Å². The minimum absolute atomic E-state index is 0.0265. The highest BCUT2D eigenvalue weighted by Crippen LogP contribution is 2.35. The van der Waals surface area contributed by atoms with Gasteiger partial charge in [-0.2, -0.15) is 0 Å². The van der Waals surface area contributed by atoms with Crippen molar-refractivity contribution in [2.45, 2.75) is 76.8 Å². The van der Waals surface area contributed by atoms with E-state index in [0.717, 1.165) is 32.1 Å². The van der Waals surface area contributed by atoms with E-state index in [-0.39, 0.29) is 18.5 Å². The lowest BCUT2D eigenvalue weighted by Gasteiger charge is -2.42. The number of carbonyl (C=O) groups is 2. The lowest BCUT2D eigenvalue weighted by Crippen LogP contribution is -2.59. The highest BCUT2D eigenvalue weighted by Gasteiger charge is 2.41. The highest BCUT2D eigenvalue weighted by molar-refractivity contribution is 5.77. The van der Waals surface area contributed by atoms with Crippen molar-refractivity contribution >= 4 is 12.0 Å². The summed E-state index contributed by atoms with van der Waals surface area (Å²) in [6, 6.07) is 0.0363. The molecule has 2 saturated carbocycles. The van der Waals surface area contributed by atoms with Crippen LogP contribution in [0.3, 0.4) is 0 Å². The maximum atomic E-state index is 12.3. The summed E-state index contributed by atoms with van der Waals surface area (Å²) in [4.78, 5) is 23.2. The van der Waals surface area contributed by atoms with Crippen molar-refractivity contribution in [3.63, 3.8) is 0 Å². The summed E-state index contributed by atoms with van der Waals surface area (Å²) in [7, 11) is 0. The second kappa shape index (κ2) is 6.67. The van der Waals surface area contributed by atoms with E-state index in [2.05, 4.69) is 24.5 Å². The predicted octanol–water partition coefficient (Wildman–Crippen LogP) is 2.90. The Morgan fingerprint density at radius 3 is 2.38 bits per heavy atom. The molecule has 2 aliphatic carbocycles. The van der Waals surface area contributed by atoms with Crippen LogP contribution in [0.1, 0.15) is 65.2 Å². The fourth-order valence-electron chi connectivity index (χ4n) is 3.82. The highest BCUT2D eigenvalue weighted by atomic mass is 16.4. The van der Waals surface area contributed by atoms with Crippen molar-refractivity contribution in [1.29, 1.82) is 0 Å². The fraction of sp³-hybridized carbons (Fsp3) is 0.875. The quantitative estimate of drug-likeness (QED) is 0.730. The number of nitrogens with one attached hydrogen (secondary N) is 2. The Morgan fingerprint density at radius 1 is 1.19 bits per heavy atom. The Balaban J connectivity index is 1.89. The van der Waals surface area contributed by atoms with Gasteiger partial charge in [-0.25, -0.2) is 4.79 Å². The molecule has 2 fully saturated rings. The molecule has 2 atom stereocenters. The standard InChI is InChI=1S/C16H28N2O3/c1-11(2)12-6-3-4-7-13(12)17-15(21)18-16(8-5-9-16)10-14(19)20/h11-13H,3-10H2,1-2H3,(H,19,20)(H2,17,18,21). The van der Waals surface area contributed by atoms with Gasteiger partial charge < -0.3 is 15.7 Å². The first-order chi connectivity index (χ1) is 9.92. The van der Waals surface area contributed by atoms with Crippen LogP contribution in [0.25, 0.3) is 0 Å². The van der Waals surface area contributed by atoms with Gasteiger partial charge in [-0.3, -0.25) is 4.79 Å². The topological polar surface area (TPSA) is 78.4 Å². The Hall–Kier alpha value is -1.26. The maximum Gasteiger partial charge on any atom is 0.315 e. The zero-order chi connectivity index (χ0) is 15.5. The van der Waals surface area contributed by atoms with Gasteiger partial charge in [0.15, 0.2) is 0 Å². The summed E-state index contributed by atoms with van der Waals surface area (Å²) >= 11 is 0. The van der Waals surface area contributed by atoms with Crippen molar-refractivity contribution in [2.75, 3.05) is 0 Å². The van der Waals surface area contributed by atoms with Crippen LogP contribution in [-0.2, 0) is 4.79 Å². The van der Waals surface area contributed by atoms with Gasteiger partial charge in [-0.05, 0) is 43.9 Å². The maximum absolute atomic E-state index is 12.3. The van der Waals surface area contributed by atoms with Crippen molar-refractivity contribution in [1.82, 2.24) is 10.6 Å². The molecular weight excluding hydrogens is 268 g/mol. The Labute approximate surface area is 126 Å². The molecule has 5 nitrogen and oxygen atoms in total. The molecule has 2 rings (SSSR count). The smallest absolute Gasteiger partial charge is 0.315 e. The molecule has 120 valence electrons. The van der Waals surface area contributed by atoms with Crippen molar-refractivity contribution in [3.8, 4) is 0 Å². The summed E-state index contributed by atoms with van der Waals surface area (Å²) in [5, 5.41) is 15.0. The molecular formula is C16H28N2O3. The van der Waals surface area contributed by atoms with E-state index >= 15 is 0 Å². The van der Waals surface area contributed by atoms with Crippen LogP contribution in [0.2, 0.25) is 0 Å². The Bertz CT molecular complexity index is 391. The van der Waals surface area contributed by atoms with Crippen LogP contribution in [0.15, 0.2) is 0 Å².